The number of ether oxygens (including phenoxy) is 2. The number of carboxylic acid groups (broad SMARTS) is 2. The summed E-state index contributed by atoms with van der Waals surface area (Å²) in [5.41, 5.74) is 11.8. The summed E-state index contributed by atoms with van der Waals surface area (Å²) < 4.78 is 17.5. The third-order valence-electron chi connectivity index (χ3n) is 16.3. The van der Waals surface area contributed by atoms with Crippen LogP contribution in [-0.2, 0) is 50.4 Å². The number of hydrogen-bond acceptors (Lipinski definition) is 8. The van der Waals surface area contributed by atoms with Crippen LogP contribution in [0.25, 0.3) is 142 Å². The molecule has 0 bridgehead atoms. The standard InChI is InChI=1S/C38H23N3O.C38H21N3O.2C2H4O2.2Pd/c2*1-3-14-29-27(12-1)28-13-2-4-15-31(28)37-36(29)30-20-19-26(23-32(30)38-40-34-17-5-6-18-35(34)41(37)38)42-25-11-9-10-24(22-25)33-16-7-8-21-39-33;2*1-2(3)4;;/h1-23H;1-21H;2*1H3,(H,3,4);;/q;-2;;;;+2. The molecule has 0 saturated carbocycles. The van der Waals surface area contributed by atoms with Crippen molar-refractivity contribution in [3.8, 4) is 45.5 Å². The van der Waals surface area contributed by atoms with Crippen LogP contribution in [0.1, 0.15) is 13.8 Å². The van der Waals surface area contributed by atoms with Crippen molar-refractivity contribution in [1.29, 1.82) is 0 Å². The number of rotatable bonds is 6. The minimum Gasteiger partial charge on any atom is -0.497 e. The van der Waals surface area contributed by atoms with E-state index in [4.69, 9.17) is 39.2 Å². The third-order valence-corrected chi connectivity index (χ3v) is 16.3. The predicted molar refractivity (Wildman–Crippen MR) is 369 cm³/mol. The Labute approximate surface area is 565 Å². The number of para-hydroxylation sites is 4. The third kappa shape index (κ3) is 11.4. The van der Waals surface area contributed by atoms with E-state index < -0.39 is 11.9 Å². The van der Waals surface area contributed by atoms with Crippen LogP contribution in [0.3, 0.4) is 0 Å². The number of hydrogen-bond donors (Lipinski definition) is 2. The fourth-order valence-corrected chi connectivity index (χ4v) is 12.7. The second-order valence-corrected chi connectivity index (χ2v) is 22.1. The van der Waals surface area contributed by atoms with Crippen molar-refractivity contribution in [2.75, 3.05) is 0 Å². The van der Waals surface area contributed by atoms with Gasteiger partial charge in [0.2, 0.25) is 0 Å². The first-order valence-electron chi connectivity index (χ1n) is 29.9. The maximum atomic E-state index is 9.00. The van der Waals surface area contributed by atoms with Gasteiger partial charge in [0.1, 0.15) is 17.1 Å². The number of fused-ring (bicyclic) bond motifs is 26. The first-order valence-corrected chi connectivity index (χ1v) is 29.9. The molecule has 18 rings (SSSR count). The molecule has 0 atom stereocenters. The number of nitrogens with zero attached hydrogens (tertiary/aromatic N) is 6. The molecular formula is C80H52N6O6Pd2. The topological polar surface area (TPSA) is 153 Å². The van der Waals surface area contributed by atoms with Crippen LogP contribution in [-0.4, -0.2) is 50.9 Å². The summed E-state index contributed by atoms with van der Waals surface area (Å²) in [6.07, 6.45) is 3.59. The molecule has 6 aromatic heterocycles. The fourth-order valence-electron chi connectivity index (χ4n) is 12.7. The molecule has 0 spiro atoms. The number of benzene rings is 12. The van der Waals surface area contributed by atoms with Gasteiger partial charge in [0.15, 0.2) is 0 Å². The second kappa shape index (κ2) is 26.2. The Kier molecular flexibility index (Phi) is 17.2. The number of aromatic nitrogens is 6. The summed E-state index contributed by atoms with van der Waals surface area (Å²) in [6.45, 7) is 2.17. The van der Waals surface area contributed by atoms with Crippen LogP contribution in [0.5, 0.6) is 23.0 Å². The Morgan fingerprint density at radius 3 is 1.43 bits per heavy atom. The molecule has 94 heavy (non-hydrogen) atoms. The van der Waals surface area contributed by atoms with E-state index in [1.54, 1.807) is 6.20 Å². The Balaban J connectivity index is 0.000000151. The van der Waals surface area contributed by atoms with Crippen molar-refractivity contribution in [2.45, 2.75) is 13.8 Å². The van der Waals surface area contributed by atoms with Gasteiger partial charge in [-0.2, -0.15) is 0 Å². The minimum absolute atomic E-state index is 0. The molecule has 458 valence electrons. The zero-order valence-electron chi connectivity index (χ0n) is 50.2. The molecule has 0 unspecified atom stereocenters. The largest absolute Gasteiger partial charge is 2.00 e. The zero-order chi connectivity index (χ0) is 62.4. The van der Waals surface area contributed by atoms with Crippen LogP contribution in [0, 0.1) is 12.1 Å². The summed E-state index contributed by atoms with van der Waals surface area (Å²) in [5.74, 6) is 1.07. The van der Waals surface area contributed by atoms with E-state index in [9.17, 15) is 0 Å². The average Bonchev–Trinajstić information content (AvgIpc) is 1.34. The zero-order valence-corrected chi connectivity index (χ0v) is 53.4. The van der Waals surface area contributed by atoms with Crippen molar-refractivity contribution >= 4 is 132 Å². The Hall–Kier alpha value is -11.2. The molecule has 14 heteroatoms. The molecule has 12 aromatic carbocycles. The van der Waals surface area contributed by atoms with E-state index in [2.05, 4.69) is 201 Å². The molecule has 0 aliphatic rings. The Bertz CT molecular complexity index is 5590. The van der Waals surface area contributed by atoms with E-state index in [0.717, 1.165) is 108 Å². The monoisotopic (exact) mass is 1400 g/mol. The van der Waals surface area contributed by atoms with Crippen LogP contribution in [0.2, 0.25) is 0 Å². The van der Waals surface area contributed by atoms with Crippen molar-refractivity contribution in [3.05, 3.63) is 279 Å². The van der Waals surface area contributed by atoms with E-state index in [1.807, 2.05) is 91.1 Å². The molecule has 2 N–H and O–H groups in total. The van der Waals surface area contributed by atoms with Crippen LogP contribution in [0.15, 0.2) is 267 Å². The van der Waals surface area contributed by atoms with Gasteiger partial charge >= 0.3 is 20.4 Å². The van der Waals surface area contributed by atoms with Crippen LogP contribution < -0.4 is 9.47 Å². The van der Waals surface area contributed by atoms with Gasteiger partial charge < -0.3 is 29.1 Å². The molecule has 6 heterocycles. The molecule has 0 aliphatic carbocycles. The van der Waals surface area contributed by atoms with E-state index in [-0.39, 0.29) is 40.8 Å². The molecule has 18 aromatic rings. The van der Waals surface area contributed by atoms with Gasteiger partial charge in [-0.25, -0.2) is 4.98 Å². The molecular weight excluding hydrogens is 1350 g/mol. The Morgan fingerprint density at radius 1 is 0.394 bits per heavy atom. The number of aliphatic carboxylic acids is 2. The van der Waals surface area contributed by atoms with Crippen LogP contribution >= 0.6 is 0 Å². The number of carboxylic acids is 2. The van der Waals surface area contributed by atoms with E-state index >= 15 is 0 Å². The van der Waals surface area contributed by atoms with Gasteiger partial charge in [0.25, 0.3) is 11.9 Å². The average molecular weight is 1410 g/mol. The van der Waals surface area contributed by atoms with Gasteiger partial charge in [-0.15, -0.1) is 29.8 Å². The Morgan fingerprint density at radius 2 is 0.840 bits per heavy atom. The van der Waals surface area contributed by atoms with Gasteiger partial charge in [-0.3, -0.25) is 24.0 Å². The fraction of sp³-hybridized carbons (Fsp3) is 0.0250. The molecule has 12 nitrogen and oxygen atoms in total. The van der Waals surface area contributed by atoms with Crippen molar-refractivity contribution < 1.29 is 70.1 Å². The maximum Gasteiger partial charge on any atom is 2.00 e. The van der Waals surface area contributed by atoms with Gasteiger partial charge in [0.05, 0.1) is 38.9 Å². The van der Waals surface area contributed by atoms with Gasteiger partial charge in [-0.05, 0) is 122 Å². The van der Waals surface area contributed by atoms with Crippen molar-refractivity contribution in [3.63, 3.8) is 0 Å². The summed E-state index contributed by atoms with van der Waals surface area (Å²) >= 11 is 0. The van der Waals surface area contributed by atoms with E-state index in [1.165, 1.54) is 59.4 Å². The number of pyridine rings is 4. The first-order chi connectivity index (χ1) is 45.1. The summed E-state index contributed by atoms with van der Waals surface area (Å²) in [5, 5.41) is 31.2. The molecule has 0 radical (unpaired) electrons. The molecule has 0 saturated heterocycles. The SMILES string of the molecule is CC(=O)O.CC(=O)O.[Pd+2].[Pd].[c-]1c(Oc2[c-]c3c(cc2)c2c4ccccc4c4ccccc4c2n2c4ccccc4nc32)cccc1-c1ccccn1.c1ccc(-c2cccc(Oc3ccc4c(c3)c3nc5ccccc5n3c3c5ccccc5c5ccccc5c43)c2)nc1. The predicted octanol–water partition coefficient (Wildman–Crippen LogP) is 19.7. The summed E-state index contributed by atoms with van der Waals surface area (Å²) in [4.78, 5) is 37.3. The summed E-state index contributed by atoms with van der Waals surface area (Å²) in [6, 6.07) is 94.7. The van der Waals surface area contributed by atoms with Gasteiger partial charge in [-0.1, -0.05) is 181 Å². The smallest absolute Gasteiger partial charge is 0.497 e. The van der Waals surface area contributed by atoms with Gasteiger partial charge in [0, 0.05) is 90.8 Å². The second-order valence-electron chi connectivity index (χ2n) is 22.1. The van der Waals surface area contributed by atoms with Crippen molar-refractivity contribution in [1.82, 2.24) is 28.7 Å². The maximum absolute atomic E-state index is 9.00. The minimum atomic E-state index is -0.833. The van der Waals surface area contributed by atoms with E-state index in [0.29, 0.717) is 11.5 Å². The molecule has 0 aliphatic heterocycles. The number of imidazole rings is 2. The normalized spacial score (nSPS) is 11.1. The summed E-state index contributed by atoms with van der Waals surface area (Å²) in [7, 11) is 0. The van der Waals surface area contributed by atoms with Crippen LogP contribution in [0.4, 0.5) is 0 Å². The molecule has 0 fully saturated rings. The molecule has 0 amide bonds. The quantitative estimate of drug-likeness (QED) is 0.0934. The number of carbonyl (C=O) groups is 2. The first kappa shape index (κ1) is 61.6. The van der Waals surface area contributed by atoms with Crippen molar-refractivity contribution in [2.24, 2.45) is 0 Å².